The maximum Gasteiger partial charge on any atom is 0.329 e. The van der Waals surface area contributed by atoms with Gasteiger partial charge in [-0.15, -0.1) is 0 Å². The van der Waals surface area contributed by atoms with E-state index in [1.807, 2.05) is 44.2 Å². The Bertz CT molecular complexity index is 544. The van der Waals surface area contributed by atoms with Gasteiger partial charge in [0.15, 0.2) is 5.82 Å². The topological polar surface area (TPSA) is 44.1 Å². The SMILES string of the molecule is CC(=O)On1c(-c2ccccc2)nc(C)c1C. The van der Waals surface area contributed by atoms with Crippen molar-refractivity contribution in [3.63, 3.8) is 0 Å². The van der Waals surface area contributed by atoms with E-state index in [-0.39, 0.29) is 5.97 Å². The monoisotopic (exact) mass is 230 g/mol. The highest BCUT2D eigenvalue weighted by atomic mass is 16.7. The Morgan fingerprint density at radius 3 is 2.47 bits per heavy atom. The number of hydrogen-bond acceptors (Lipinski definition) is 3. The van der Waals surface area contributed by atoms with Crippen molar-refractivity contribution in [3.8, 4) is 11.4 Å². The number of hydrogen-bond donors (Lipinski definition) is 0. The Balaban J connectivity index is 2.54. The zero-order valence-electron chi connectivity index (χ0n) is 10.1. The molecule has 17 heavy (non-hydrogen) atoms. The van der Waals surface area contributed by atoms with E-state index in [0.29, 0.717) is 5.82 Å². The molecular weight excluding hydrogens is 216 g/mol. The maximum absolute atomic E-state index is 11.1. The first-order valence-corrected chi connectivity index (χ1v) is 5.40. The van der Waals surface area contributed by atoms with Crippen molar-refractivity contribution in [3.05, 3.63) is 41.7 Å². The molecule has 0 fully saturated rings. The highest BCUT2D eigenvalue weighted by molar-refractivity contribution is 5.67. The molecule has 0 aliphatic carbocycles. The van der Waals surface area contributed by atoms with Gasteiger partial charge in [0.05, 0.1) is 11.4 Å². The van der Waals surface area contributed by atoms with Gasteiger partial charge in [-0.25, -0.2) is 9.78 Å². The molecule has 0 N–H and O–H groups in total. The number of benzene rings is 1. The lowest BCUT2D eigenvalue weighted by Gasteiger charge is -2.07. The van der Waals surface area contributed by atoms with Crippen LogP contribution in [0.5, 0.6) is 0 Å². The maximum atomic E-state index is 11.1. The molecule has 0 saturated carbocycles. The summed E-state index contributed by atoms with van der Waals surface area (Å²) in [6.07, 6.45) is 0. The first kappa shape index (κ1) is 11.4. The second-order valence-electron chi connectivity index (χ2n) is 3.85. The second kappa shape index (κ2) is 4.41. The summed E-state index contributed by atoms with van der Waals surface area (Å²) in [5, 5.41) is 0. The molecule has 4 heteroatoms. The Hall–Kier alpha value is -2.10. The Labute approximate surface area is 99.8 Å². The molecule has 2 aromatic rings. The van der Waals surface area contributed by atoms with Crippen molar-refractivity contribution < 1.29 is 9.63 Å². The molecule has 0 atom stereocenters. The second-order valence-corrected chi connectivity index (χ2v) is 3.85. The average Bonchev–Trinajstić information content (AvgIpc) is 2.58. The fourth-order valence-electron chi connectivity index (χ4n) is 1.60. The third-order valence-electron chi connectivity index (χ3n) is 2.55. The van der Waals surface area contributed by atoms with Crippen LogP contribution in [0.25, 0.3) is 11.4 Å². The zero-order valence-corrected chi connectivity index (χ0v) is 10.1. The first-order chi connectivity index (χ1) is 8.09. The molecule has 0 radical (unpaired) electrons. The molecule has 0 aliphatic heterocycles. The highest BCUT2D eigenvalue weighted by Crippen LogP contribution is 2.20. The molecule has 1 heterocycles. The summed E-state index contributed by atoms with van der Waals surface area (Å²) in [5.41, 5.74) is 2.61. The number of imidazole rings is 1. The molecule has 2 rings (SSSR count). The van der Waals surface area contributed by atoms with Crippen molar-refractivity contribution in [2.24, 2.45) is 0 Å². The molecule has 1 aromatic carbocycles. The summed E-state index contributed by atoms with van der Waals surface area (Å²) >= 11 is 0. The van der Waals surface area contributed by atoms with Gasteiger partial charge in [0.2, 0.25) is 0 Å². The Morgan fingerprint density at radius 2 is 1.88 bits per heavy atom. The van der Waals surface area contributed by atoms with Crippen molar-refractivity contribution in [2.75, 3.05) is 0 Å². The Kier molecular flexibility index (Phi) is 2.95. The number of aryl methyl sites for hydroxylation is 1. The van der Waals surface area contributed by atoms with Crippen molar-refractivity contribution >= 4 is 5.97 Å². The van der Waals surface area contributed by atoms with Crippen molar-refractivity contribution in [1.29, 1.82) is 0 Å². The summed E-state index contributed by atoms with van der Waals surface area (Å²) < 4.78 is 1.48. The lowest BCUT2D eigenvalue weighted by Crippen LogP contribution is -2.18. The van der Waals surface area contributed by atoms with E-state index in [4.69, 9.17) is 4.84 Å². The number of nitrogens with zero attached hydrogens (tertiary/aromatic N) is 2. The summed E-state index contributed by atoms with van der Waals surface area (Å²) in [5.74, 6) is 0.290. The van der Waals surface area contributed by atoms with E-state index >= 15 is 0 Å². The van der Waals surface area contributed by atoms with Gasteiger partial charge >= 0.3 is 5.97 Å². The normalized spacial score (nSPS) is 10.3. The van der Waals surface area contributed by atoms with E-state index in [1.165, 1.54) is 11.7 Å². The van der Waals surface area contributed by atoms with Gasteiger partial charge in [-0.05, 0) is 13.8 Å². The minimum atomic E-state index is -0.359. The zero-order chi connectivity index (χ0) is 12.4. The summed E-state index contributed by atoms with van der Waals surface area (Å²) in [6, 6.07) is 9.64. The van der Waals surface area contributed by atoms with Crippen LogP contribution in [0.1, 0.15) is 18.3 Å². The number of aromatic nitrogens is 2. The van der Waals surface area contributed by atoms with E-state index in [9.17, 15) is 4.79 Å². The number of carbonyl (C=O) groups excluding carboxylic acids is 1. The lowest BCUT2D eigenvalue weighted by molar-refractivity contribution is -0.141. The van der Waals surface area contributed by atoms with Gasteiger partial charge in [-0.3, -0.25) is 0 Å². The molecule has 4 nitrogen and oxygen atoms in total. The van der Waals surface area contributed by atoms with Crippen LogP contribution >= 0.6 is 0 Å². The van der Waals surface area contributed by atoms with Crippen LogP contribution in [0.4, 0.5) is 0 Å². The fourth-order valence-corrected chi connectivity index (χ4v) is 1.60. The smallest absolute Gasteiger partial charge is 0.329 e. The molecule has 0 amide bonds. The van der Waals surface area contributed by atoms with Crippen LogP contribution < -0.4 is 4.84 Å². The van der Waals surface area contributed by atoms with Crippen LogP contribution in [-0.4, -0.2) is 15.7 Å². The minimum Gasteiger partial charge on any atom is -0.335 e. The van der Waals surface area contributed by atoms with E-state index in [0.717, 1.165) is 17.0 Å². The lowest BCUT2D eigenvalue weighted by atomic mass is 10.2. The van der Waals surface area contributed by atoms with Crippen molar-refractivity contribution in [2.45, 2.75) is 20.8 Å². The highest BCUT2D eigenvalue weighted by Gasteiger charge is 2.14. The summed E-state index contributed by atoms with van der Waals surface area (Å²) in [7, 11) is 0. The van der Waals surface area contributed by atoms with Gasteiger partial charge < -0.3 is 4.84 Å². The predicted molar refractivity (Wildman–Crippen MR) is 64.4 cm³/mol. The van der Waals surface area contributed by atoms with Gasteiger partial charge in [0, 0.05) is 12.5 Å². The average molecular weight is 230 g/mol. The summed E-state index contributed by atoms with van der Waals surface area (Å²) in [4.78, 5) is 20.7. The fraction of sp³-hybridized carbons (Fsp3) is 0.231. The summed E-state index contributed by atoms with van der Waals surface area (Å²) in [6.45, 7) is 5.14. The van der Waals surface area contributed by atoms with Gasteiger partial charge in [0.25, 0.3) is 0 Å². The number of carbonyl (C=O) groups is 1. The van der Waals surface area contributed by atoms with E-state index < -0.39 is 0 Å². The standard InChI is InChI=1S/C13H14N2O2/c1-9-10(2)15(17-11(3)16)13(14-9)12-7-5-4-6-8-12/h4-8H,1-3H3. The molecule has 88 valence electrons. The predicted octanol–water partition coefficient (Wildman–Crippen LogP) is 2.14. The van der Waals surface area contributed by atoms with E-state index in [1.54, 1.807) is 0 Å². The van der Waals surface area contributed by atoms with Crippen LogP contribution in [-0.2, 0) is 4.79 Å². The molecule has 1 aromatic heterocycles. The number of rotatable bonds is 2. The molecule has 0 spiro atoms. The van der Waals surface area contributed by atoms with Crippen LogP contribution in [0.2, 0.25) is 0 Å². The molecule has 0 bridgehead atoms. The van der Waals surface area contributed by atoms with Crippen LogP contribution in [0.3, 0.4) is 0 Å². The first-order valence-electron chi connectivity index (χ1n) is 5.40. The largest absolute Gasteiger partial charge is 0.335 e. The molecule has 0 saturated heterocycles. The third-order valence-corrected chi connectivity index (χ3v) is 2.55. The van der Waals surface area contributed by atoms with Gasteiger partial charge in [-0.1, -0.05) is 30.3 Å². The molecule has 0 aliphatic rings. The Morgan fingerprint density at radius 1 is 1.24 bits per heavy atom. The van der Waals surface area contributed by atoms with Gasteiger partial charge in [-0.2, -0.15) is 4.73 Å². The quantitative estimate of drug-likeness (QED) is 0.794. The van der Waals surface area contributed by atoms with Gasteiger partial charge in [0.1, 0.15) is 0 Å². The minimum absolute atomic E-state index is 0.359. The molecule has 0 unspecified atom stereocenters. The molecular formula is C13H14N2O2. The third kappa shape index (κ3) is 2.20. The van der Waals surface area contributed by atoms with Crippen LogP contribution in [0, 0.1) is 13.8 Å². The van der Waals surface area contributed by atoms with Crippen molar-refractivity contribution in [1.82, 2.24) is 9.71 Å². The van der Waals surface area contributed by atoms with Crippen LogP contribution in [0.15, 0.2) is 30.3 Å². The van der Waals surface area contributed by atoms with E-state index in [2.05, 4.69) is 4.98 Å².